The number of hydrogen-bond acceptors (Lipinski definition) is 4. The number of sulfonamides is 1. The minimum absolute atomic E-state index is 0.204. The van der Waals surface area contributed by atoms with Gasteiger partial charge in [0.15, 0.2) is 4.90 Å². The number of nitro benzene ring substituents is 1. The second kappa shape index (κ2) is 7.70. The zero-order valence-corrected chi connectivity index (χ0v) is 14.0. The molecule has 0 aliphatic carbocycles. The molecule has 1 atom stereocenters. The molecule has 2 rings (SSSR count). The summed E-state index contributed by atoms with van der Waals surface area (Å²) in [4.78, 5) is 10.3. The van der Waals surface area contributed by atoms with Crippen molar-refractivity contribution in [1.82, 2.24) is 4.31 Å². The van der Waals surface area contributed by atoms with Crippen LogP contribution in [0, 0.1) is 16.0 Å². The summed E-state index contributed by atoms with van der Waals surface area (Å²) in [6, 6.07) is 5.55. The summed E-state index contributed by atoms with van der Waals surface area (Å²) in [5.74, 6) is 0.204. The molecule has 0 bridgehead atoms. The minimum atomic E-state index is -3.87. The van der Waals surface area contributed by atoms with E-state index in [2.05, 4.69) is 12.2 Å². The fourth-order valence-corrected chi connectivity index (χ4v) is 4.47. The molecule has 0 radical (unpaired) electrons. The quantitative estimate of drug-likeness (QED) is 0.481. The van der Waals surface area contributed by atoms with Gasteiger partial charge in [-0.3, -0.25) is 10.1 Å². The molecule has 1 aromatic rings. The van der Waals surface area contributed by atoms with E-state index >= 15 is 0 Å². The second-order valence-electron chi connectivity index (χ2n) is 5.88. The molecule has 7 heteroatoms. The molecule has 0 saturated heterocycles. The Bertz CT molecular complexity index is 685. The van der Waals surface area contributed by atoms with E-state index in [1.54, 1.807) is 0 Å². The van der Waals surface area contributed by atoms with Crippen molar-refractivity contribution in [2.75, 3.05) is 13.1 Å². The molecular formula is C16H22N2O4S. The predicted octanol–water partition coefficient (Wildman–Crippen LogP) is 3.35. The van der Waals surface area contributed by atoms with E-state index in [1.807, 2.05) is 6.92 Å². The Labute approximate surface area is 137 Å². The lowest BCUT2D eigenvalue weighted by Crippen LogP contribution is -2.36. The van der Waals surface area contributed by atoms with Gasteiger partial charge >= 0.3 is 0 Å². The van der Waals surface area contributed by atoms with Gasteiger partial charge in [0.2, 0.25) is 10.0 Å². The monoisotopic (exact) mass is 338 g/mol. The highest BCUT2D eigenvalue weighted by Gasteiger charge is 2.31. The number of para-hydroxylation sites is 1. The van der Waals surface area contributed by atoms with Crippen LogP contribution in [0.25, 0.3) is 0 Å². The summed E-state index contributed by atoms with van der Waals surface area (Å²) in [5, 5.41) is 11.2. The van der Waals surface area contributed by atoms with Crippen molar-refractivity contribution in [3.63, 3.8) is 0 Å². The third-order valence-electron chi connectivity index (χ3n) is 3.97. The fourth-order valence-electron chi connectivity index (χ4n) is 2.72. The molecule has 1 aliphatic heterocycles. The maximum Gasteiger partial charge on any atom is 0.289 e. The maximum atomic E-state index is 12.9. The molecule has 0 amide bonds. The van der Waals surface area contributed by atoms with Gasteiger partial charge in [-0.2, -0.15) is 4.31 Å². The molecule has 6 nitrogen and oxygen atoms in total. The topological polar surface area (TPSA) is 80.5 Å². The number of rotatable bonds is 3. The van der Waals surface area contributed by atoms with Crippen molar-refractivity contribution in [3.8, 4) is 0 Å². The van der Waals surface area contributed by atoms with Crippen molar-refractivity contribution in [2.45, 2.75) is 37.5 Å². The molecule has 0 saturated carbocycles. The van der Waals surface area contributed by atoms with Gasteiger partial charge < -0.3 is 0 Å². The third kappa shape index (κ3) is 4.39. The van der Waals surface area contributed by atoms with Crippen LogP contribution in [-0.2, 0) is 10.0 Å². The van der Waals surface area contributed by atoms with Gasteiger partial charge in [0.05, 0.1) is 4.92 Å². The Balaban J connectivity index is 2.36. The molecule has 0 fully saturated rings. The first-order valence-corrected chi connectivity index (χ1v) is 9.25. The normalized spacial score (nSPS) is 22.4. The summed E-state index contributed by atoms with van der Waals surface area (Å²) in [5.41, 5.74) is -0.364. The summed E-state index contributed by atoms with van der Waals surface area (Å²) < 4.78 is 27.3. The Morgan fingerprint density at radius 3 is 2.65 bits per heavy atom. The lowest BCUT2D eigenvalue weighted by molar-refractivity contribution is -0.387. The molecule has 0 spiro atoms. The SMILES string of the molecule is C[C@H]1CC/C=C/CCCN(S(=O)(=O)c2ccccc2[N+](=O)[O-])C1. The molecule has 0 aromatic heterocycles. The van der Waals surface area contributed by atoms with E-state index in [9.17, 15) is 18.5 Å². The number of benzene rings is 1. The lowest BCUT2D eigenvalue weighted by Gasteiger charge is -2.25. The number of nitro groups is 1. The van der Waals surface area contributed by atoms with E-state index in [0.29, 0.717) is 19.5 Å². The number of hydrogen-bond donors (Lipinski definition) is 0. The molecule has 126 valence electrons. The van der Waals surface area contributed by atoms with E-state index in [0.717, 1.165) is 19.3 Å². The van der Waals surface area contributed by atoms with Gasteiger partial charge in [0.1, 0.15) is 0 Å². The molecule has 0 N–H and O–H groups in total. The smallest absolute Gasteiger partial charge is 0.258 e. The molecular weight excluding hydrogens is 316 g/mol. The Morgan fingerprint density at radius 1 is 1.22 bits per heavy atom. The van der Waals surface area contributed by atoms with Gasteiger partial charge in [-0.1, -0.05) is 31.2 Å². The highest BCUT2D eigenvalue weighted by Crippen LogP contribution is 2.27. The van der Waals surface area contributed by atoms with Crippen LogP contribution in [0.15, 0.2) is 41.3 Å². The van der Waals surface area contributed by atoms with Crippen LogP contribution in [-0.4, -0.2) is 30.7 Å². The van der Waals surface area contributed by atoms with Crippen LogP contribution in [0.3, 0.4) is 0 Å². The van der Waals surface area contributed by atoms with Crippen LogP contribution in [0.1, 0.15) is 32.6 Å². The van der Waals surface area contributed by atoms with E-state index in [1.165, 1.54) is 28.6 Å². The Morgan fingerprint density at radius 2 is 1.91 bits per heavy atom. The maximum absolute atomic E-state index is 12.9. The van der Waals surface area contributed by atoms with Crippen LogP contribution in [0.5, 0.6) is 0 Å². The minimum Gasteiger partial charge on any atom is -0.258 e. The van der Waals surface area contributed by atoms with Crippen molar-refractivity contribution >= 4 is 15.7 Å². The van der Waals surface area contributed by atoms with E-state index < -0.39 is 14.9 Å². The largest absolute Gasteiger partial charge is 0.289 e. The van der Waals surface area contributed by atoms with Crippen molar-refractivity contribution in [2.24, 2.45) is 5.92 Å². The van der Waals surface area contributed by atoms with Crippen LogP contribution in [0.4, 0.5) is 5.69 Å². The highest BCUT2D eigenvalue weighted by atomic mass is 32.2. The van der Waals surface area contributed by atoms with Crippen molar-refractivity contribution in [3.05, 3.63) is 46.5 Å². The summed E-state index contributed by atoms with van der Waals surface area (Å²) in [6.45, 7) is 2.78. The fraction of sp³-hybridized carbons (Fsp3) is 0.500. The average molecular weight is 338 g/mol. The zero-order valence-electron chi connectivity index (χ0n) is 13.2. The summed E-state index contributed by atoms with van der Waals surface area (Å²) >= 11 is 0. The molecule has 23 heavy (non-hydrogen) atoms. The first kappa shape index (κ1) is 17.6. The van der Waals surface area contributed by atoms with Gasteiger partial charge in [-0.05, 0) is 37.7 Å². The van der Waals surface area contributed by atoms with Gasteiger partial charge in [-0.25, -0.2) is 8.42 Å². The third-order valence-corrected chi connectivity index (χ3v) is 5.88. The Kier molecular flexibility index (Phi) is 5.90. The standard InChI is InChI=1S/C16H22N2O4S/c1-14-9-5-3-2-4-8-12-17(13-14)23(21,22)16-11-7-6-10-15(16)18(19)20/h2-3,6-7,10-11,14H,4-5,8-9,12-13H2,1H3/b3-2+/t14-/m0/s1. The van der Waals surface area contributed by atoms with Crippen LogP contribution < -0.4 is 0 Å². The molecule has 1 heterocycles. The summed E-state index contributed by atoms with van der Waals surface area (Å²) in [6.07, 6.45) is 7.58. The predicted molar refractivity (Wildman–Crippen MR) is 88.6 cm³/mol. The van der Waals surface area contributed by atoms with Gasteiger partial charge in [-0.15, -0.1) is 0 Å². The van der Waals surface area contributed by atoms with Crippen LogP contribution in [0.2, 0.25) is 0 Å². The van der Waals surface area contributed by atoms with Crippen molar-refractivity contribution in [1.29, 1.82) is 0 Å². The van der Waals surface area contributed by atoms with E-state index in [-0.39, 0.29) is 16.5 Å². The Hall–Kier alpha value is -1.73. The average Bonchev–Trinajstić information content (AvgIpc) is 2.53. The first-order valence-electron chi connectivity index (χ1n) is 7.81. The van der Waals surface area contributed by atoms with Crippen molar-refractivity contribution < 1.29 is 13.3 Å². The molecule has 1 aromatic carbocycles. The zero-order chi connectivity index (χ0) is 16.9. The van der Waals surface area contributed by atoms with E-state index in [4.69, 9.17) is 0 Å². The highest BCUT2D eigenvalue weighted by molar-refractivity contribution is 7.89. The van der Waals surface area contributed by atoms with Gasteiger partial charge in [0.25, 0.3) is 5.69 Å². The number of nitrogens with zero attached hydrogens (tertiary/aromatic N) is 2. The lowest BCUT2D eigenvalue weighted by atomic mass is 10.0. The molecule has 0 unspecified atom stereocenters. The van der Waals surface area contributed by atoms with Gasteiger partial charge in [0, 0.05) is 19.2 Å². The molecule has 1 aliphatic rings. The summed E-state index contributed by atoms with van der Waals surface area (Å²) in [7, 11) is -3.87. The van der Waals surface area contributed by atoms with Crippen LogP contribution >= 0.6 is 0 Å². The first-order chi connectivity index (χ1) is 10.9. The second-order valence-corrected chi connectivity index (χ2v) is 7.79. The number of allylic oxidation sites excluding steroid dienone is 2.